The molecule has 1 rings (SSSR count). The van der Waals surface area contributed by atoms with Crippen LogP contribution in [0.1, 0.15) is 12.0 Å². The first-order valence-corrected chi connectivity index (χ1v) is 6.31. The van der Waals surface area contributed by atoms with Crippen molar-refractivity contribution in [3.63, 3.8) is 0 Å². The van der Waals surface area contributed by atoms with Crippen LogP contribution in [0.2, 0.25) is 0 Å². The topological polar surface area (TPSA) is 9.23 Å². The van der Waals surface area contributed by atoms with Crippen LogP contribution in [0.25, 0.3) is 0 Å². The Morgan fingerprint density at radius 3 is 2.71 bits per heavy atom. The molecule has 1 aromatic carbocycles. The van der Waals surface area contributed by atoms with Crippen LogP contribution in [-0.2, 0) is 11.2 Å². The van der Waals surface area contributed by atoms with Crippen molar-refractivity contribution in [2.45, 2.75) is 17.7 Å². The molecule has 1 atom stereocenters. The van der Waals surface area contributed by atoms with Gasteiger partial charge in [-0.15, -0.1) is 0 Å². The minimum Gasteiger partial charge on any atom is -0.384 e. The number of ether oxygens (including phenoxy) is 1. The van der Waals surface area contributed by atoms with E-state index in [1.807, 2.05) is 6.07 Å². The smallest absolute Gasteiger partial charge is 0.0587 e. The van der Waals surface area contributed by atoms with Crippen molar-refractivity contribution < 1.29 is 4.74 Å². The van der Waals surface area contributed by atoms with Crippen LogP contribution in [0.4, 0.5) is 0 Å². The largest absolute Gasteiger partial charge is 0.384 e. The van der Waals surface area contributed by atoms with Crippen molar-refractivity contribution in [2.75, 3.05) is 13.7 Å². The van der Waals surface area contributed by atoms with E-state index < -0.39 is 0 Å². The van der Waals surface area contributed by atoms with Crippen molar-refractivity contribution >= 4 is 31.9 Å². The van der Waals surface area contributed by atoms with Crippen LogP contribution >= 0.6 is 31.9 Å². The Morgan fingerprint density at radius 2 is 2.07 bits per heavy atom. The van der Waals surface area contributed by atoms with Gasteiger partial charge >= 0.3 is 0 Å². The summed E-state index contributed by atoms with van der Waals surface area (Å²) in [7, 11) is 1.73. The highest BCUT2D eigenvalue weighted by Gasteiger charge is 2.05. The summed E-state index contributed by atoms with van der Waals surface area (Å²) in [5, 5.41) is 0. The molecular weight excluding hydrogens is 308 g/mol. The van der Waals surface area contributed by atoms with Gasteiger partial charge in [0.05, 0.1) is 6.61 Å². The summed E-state index contributed by atoms with van der Waals surface area (Å²) >= 11 is 7.12. The molecule has 0 saturated carbocycles. The molecule has 0 fully saturated rings. The molecule has 1 aromatic rings. The van der Waals surface area contributed by atoms with E-state index in [9.17, 15) is 0 Å². The molecule has 0 aromatic heterocycles. The fourth-order valence-corrected chi connectivity index (χ4v) is 2.25. The van der Waals surface area contributed by atoms with Gasteiger partial charge in [-0.25, -0.2) is 0 Å². The van der Waals surface area contributed by atoms with E-state index in [1.54, 1.807) is 7.11 Å². The zero-order valence-electron chi connectivity index (χ0n) is 8.17. The second-order valence-corrected chi connectivity index (χ2v) is 5.33. The number of benzene rings is 1. The lowest BCUT2D eigenvalue weighted by Gasteiger charge is -2.09. The molecule has 0 saturated heterocycles. The van der Waals surface area contributed by atoms with E-state index >= 15 is 0 Å². The lowest BCUT2D eigenvalue weighted by Crippen LogP contribution is -2.07. The first kappa shape index (κ1) is 12.2. The molecule has 0 aliphatic heterocycles. The number of halogens is 2. The average Bonchev–Trinajstić information content (AvgIpc) is 2.17. The number of hydrogen-bond acceptors (Lipinski definition) is 1. The summed E-state index contributed by atoms with van der Waals surface area (Å²) in [6.07, 6.45) is 2.16. The third kappa shape index (κ3) is 4.11. The molecule has 0 aliphatic rings. The normalized spacial score (nSPS) is 12.8. The molecule has 3 heteroatoms. The number of hydrogen-bond donors (Lipinski definition) is 0. The second-order valence-electron chi connectivity index (χ2n) is 3.18. The summed E-state index contributed by atoms with van der Waals surface area (Å²) in [4.78, 5) is 0.444. The van der Waals surface area contributed by atoms with Gasteiger partial charge in [0.25, 0.3) is 0 Å². The molecule has 1 nitrogen and oxygen atoms in total. The number of aryl methyl sites for hydroxylation is 1. The number of rotatable bonds is 5. The van der Waals surface area contributed by atoms with Gasteiger partial charge < -0.3 is 4.74 Å². The van der Waals surface area contributed by atoms with Crippen LogP contribution in [0, 0.1) is 0 Å². The minimum absolute atomic E-state index is 0.444. The average molecular weight is 322 g/mol. The Bertz CT molecular complexity index is 276. The van der Waals surface area contributed by atoms with Crippen LogP contribution in [0.3, 0.4) is 0 Å². The van der Waals surface area contributed by atoms with E-state index in [4.69, 9.17) is 4.74 Å². The van der Waals surface area contributed by atoms with Gasteiger partial charge in [0.2, 0.25) is 0 Å². The Hall–Kier alpha value is 0.140. The van der Waals surface area contributed by atoms with Gasteiger partial charge in [0.1, 0.15) is 0 Å². The highest BCUT2D eigenvalue weighted by molar-refractivity contribution is 9.10. The van der Waals surface area contributed by atoms with Gasteiger partial charge in [-0.3, -0.25) is 0 Å². The van der Waals surface area contributed by atoms with Gasteiger partial charge in [-0.05, 0) is 24.5 Å². The number of methoxy groups -OCH3 is 1. The van der Waals surface area contributed by atoms with E-state index in [0.717, 1.165) is 19.4 Å². The maximum atomic E-state index is 5.06. The zero-order valence-corrected chi connectivity index (χ0v) is 11.3. The summed E-state index contributed by atoms with van der Waals surface area (Å²) in [5.41, 5.74) is 1.35. The maximum absolute atomic E-state index is 5.06. The first-order chi connectivity index (χ1) is 6.74. The molecule has 0 heterocycles. The lowest BCUT2D eigenvalue weighted by molar-refractivity contribution is 0.198. The Balaban J connectivity index is 2.41. The highest BCUT2D eigenvalue weighted by atomic mass is 79.9. The standard InChI is InChI=1S/C11H14Br2O/c1-14-8-10(12)7-6-9-4-2-3-5-11(9)13/h2-5,10H,6-8H2,1H3. The van der Waals surface area contributed by atoms with Gasteiger partial charge in [0, 0.05) is 16.4 Å². The highest BCUT2D eigenvalue weighted by Crippen LogP contribution is 2.19. The zero-order chi connectivity index (χ0) is 10.4. The number of alkyl halides is 1. The summed E-state index contributed by atoms with van der Waals surface area (Å²) in [6.45, 7) is 0.768. The van der Waals surface area contributed by atoms with E-state index in [1.165, 1.54) is 10.0 Å². The van der Waals surface area contributed by atoms with Crippen molar-refractivity contribution in [1.29, 1.82) is 0 Å². The Kier molecular flexibility index (Phi) is 5.75. The summed E-state index contributed by atoms with van der Waals surface area (Å²) in [5.74, 6) is 0. The molecule has 0 radical (unpaired) electrons. The van der Waals surface area contributed by atoms with Crippen LogP contribution in [-0.4, -0.2) is 18.5 Å². The molecule has 1 unspecified atom stereocenters. The summed E-state index contributed by atoms with van der Waals surface area (Å²) < 4.78 is 6.26. The van der Waals surface area contributed by atoms with E-state index in [0.29, 0.717) is 4.83 Å². The second kappa shape index (κ2) is 6.59. The van der Waals surface area contributed by atoms with Crippen molar-refractivity contribution in [2.24, 2.45) is 0 Å². The fourth-order valence-electron chi connectivity index (χ4n) is 1.28. The molecule has 0 amide bonds. The summed E-state index contributed by atoms with van der Waals surface area (Å²) in [6, 6.07) is 8.33. The molecule has 0 aliphatic carbocycles. The maximum Gasteiger partial charge on any atom is 0.0587 e. The third-order valence-corrected chi connectivity index (χ3v) is 3.53. The third-order valence-electron chi connectivity index (χ3n) is 2.03. The van der Waals surface area contributed by atoms with Crippen molar-refractivity contribution in [1.82, 2.24) is 0 Å². The SMILES string of the molecule is COCC(Br)CCc1ccccc1Br. The monoisotopic (exact) mass is 320 g/mol. The van der Waals surface area contributed by atoms with Gasteiger partial charge in [-0.1, -0.05) is 50.1 Å². The van der Waals surface area contributed by atoms with E-state index in [2.05, 4.69) is 50.1 Å². The van der Waals surface area contributed by atoms with Crippen LogP contribution in [0.5, 0.6) is 0 Å². The Labute approximate surface area is 102 Å². The van der Waals surface area contributed by atoms with Crippen molar-refractivity contribution in [3.05, 3.63) is 34.3 Å². The lowest BCUT2D eigenvalue weighted by atomic mass is 10.1. The van der Waals surface area contributed by atoms with Crippen LogP contribution in [0.15, 0.2) is 28.7 Å². The van der Waals surface area contributed by atoms with E-state index in [-0.39, 0.29) is 0 Å². The molecule has 14 heavy (non-hydrogen) atoms. The van der Waals surface area contributed by atoms with Crippen molar-refractivity contribution in [3.8, 4) is 0 Å². The minimum atomic E-state index is 0.444. The molecule has 0 N–H and O–H groups in total. The first-order valence-electron chi connectivity index (χ1n) is 4.60. The van der Waals surface area contributed by atoms with Gasteiger partial charge in [-0.2, -0.15) is 0 Å². The molecular formula is C11H14Br2O. The van der Waals surface area contributed by atoms with Crippen LogP contribution < -0.4 is 0 Å². The Morgan fingerprint density at radius 1 is 1.36 bits per heavy atom. The quantitative estimate of drug-likeness (QED) is 0.750. The molecule has 0 spiro atoms. The molecule has 0 bridgehead atoms. The predicted molar refractivity (Wildman–Crippen MR) is 67.1 cm³/mol. The molecule has 78 valence electrons. The van der Waals surface area contributed by atoms with Gasteiger partial charge in [0.15, 0.2) is 0 Å². The predicted octanol–water partition coefficient (Wildman–Crippen LogP) is 3.79. The fraction of sp³-hybridized carbons (Fsp3) is 0.455.